The van der Waals surface area contributed by atoms with Crippen LogP contribution in [0.15, 0.2) is 18.2 Å². The SMILES string of the molecule is CCCCOCc1cc(C(F)(F)F)ccc1OC1CCNC1. The zero-order valence-electron chi connectivity index (χ0n) is 12.7. The average Bonchev–Trinajstić information content (AvgIpc) is 2.97. The Morgan fingerprint density at radius 2 is 2.14 bits per heavy atom. The van der Waals surface area contributed by atoms with Gasteiger partial charge in [-0.05, 0) is 37.6 Å². The number of alkyl halides is 3. The zero-order chi connectivity index (χ0) is 16.0. The van der Waals surface area contributed by atoms with E-state index in [9.17, 15) is 13.2 Å². The van der Waals surface area contributed by atoms with Gasteiger partial charge in [0, 0.05) is 18.7 Å². The van der Waals surface area contributed by atoms with Gasteiger partial charge >= 0.3 is 6.18 Å². The zero-order valence-corrected chi connectivity index (χ0v) is 12.7. The van der Waals surface area contributed by atoms with E-state index in [0.717, 1.165) is 44.5 Å². The molecule has 1 aromatic rings. The topological polar surface area (TPSA) is 30.5 Å². The van der Waals surface area contributed by atoms with Crippen molar-refractivity contribution in [2.75, 3.05) is 19.7 Å². The normalized spacial score (nSPS) is 18.6. The molecule has 2 rings (SSSR count). The van der Waals surface area contributed by atoms with Gasteiger partial charge in [-0.15, -0.1) is 0 Å². The summed E-state index contributed by atoms with van der Waals surface area (Å²) in [5.74, 6) is 0.484. The van der Waals surface area contributed by atoms with Crippen molar-refractivity contribution in [2.24, 2.45) is 0 Å². The Bertz CT molecular complexity index is 471. The largest absolute Gasteiger partial charge is 0.489 e. The van der Waals surface area contributed by atoms with Gasteiger partial charge in [-0.25, -0.2) is 0 Å². The number of unbranched alkanes of at least 4 members (excludes halogenated alkanes) is 1. The Balaban J connectivity index is 2.11. The van der Waals surface area contributed by atoms with Crippen LogP contribution >= 0.6 is 0 Å². The van der Waals surface area contributed by atoms with Crippen LogP contribution in [0.5, 0.6) is 5.75 Å². The van der Waals surface area contributed by atoms with Crippen LogP contribution in [0.2, 0.25) is 0 Å². The van der Waals surface area contributed by atoms with Gasteiger partial charge in [-0.3, -0.25) is 0 Å². The summed E-state index contributed by atoms with van der Waals surface area (Å²) in [7, 11) is 0. The first kappa shape index (κ1) is 17.1. The van der Waals surface area contributed by atoms with Crippen molar-refractivity contribution >= 4 is 0 Å². The van der Waals surface area contributed by atoms with Crippen LogP contribution in [-0.4, -0.2) is 25.8 Å². The molecule has 0 bridgehead atoms. The van der Waals surface area contributed by atoms with Gasteiger partial charge in [0.2, 0.25) is 0 Å². The first-order valence-corrected chi connectivity index (χ1v) is 7.66. The van der Waals surface area contributed by atoms with Crippen LogP contribution < -0.4 is 10.1 Å². The summed E-state index contributed by atoms with van der Waals surface area (Å²) in [6, 6.07) is 3.59. The molecule has 1 aromatic carbocycles. The van der Waals surface area contributed by atoms with Crippen molar-refractivity contribution in [1.82, 2.24) is 5.32 Å². The fourth-order valence-electron chi connectivity index (χ4n) is 2.32. The summed E-state index contributed by atoms with van der Waals surface area (Å²) in [5.41, 5.74) is -0.212. The summed E-state index contributed by atoms with van der Waals surface area (Å²) >= 11 is 0. The van der Waals surface area contributed by atoms with Crippen molar-refractivity contribution in [3.63, 3.8) is 0 Å². The molecule has 1 atom stereocenters. The van der Waals surface area contributed by atoms with E-state index in [1.54, 1.807) is 0 Å². The van der Waals surface area contributed by atoms with Gasteiger partial charge in [0.25, 0.3) is 0 Å². The van der Waals surface area contributed by atoms with Gasteiger partial charge in [-0.2, -0.15) is 13.2 Å². The smallest absolute Gasteiger partial charge is 0.416 e. The molecule has 1 N–H and O–H groups in total. The van der Waals surface area contributed by atoms with Crippen LogP contribution in [-0.2, 0) is 17.5 Å². The van der Waals surface area contributed by atoms with Crippen molar-refractivity contribution in [2.45, 2.75) is 45.1 Å². The number of hydrogen-bond donors (Lipinski definition) is 1. The molecule has 0 radical (unpaired) electrons. The minimum absolute atomic E-state index is 0.00567. The van der Waals surface area contributed by atoms with Crippen LogP contribution in [0.1, 0.15) is 37.3 Å². The van der Waals surface area contributed by atoms with E-state index in [1.165, 1.54) is 6.07 Å². The lowest BCUT2D eigenvalue weighted by atomic mass is 10.1. The van der Waals surface area contributed by atoms with E-state index in [1.807, 2.05) is 6.92 Å². The van der Waals surface area contributed by atoms with E-state index in [2.05, 4.69) is 5.32 Å². The van der Waals surface area contributed by atoms with Crippen molar-refractivity contribution in [3.8, 4) is 5.75 Å². The highest BCUT2D eigenvalue weighted by Crippen LogP contribution is 2.33. The second-order valence-corrected chi connectivity index (χ2v) is 5.46. The van der Waals surface area contributed by atoms with E-state index in [4.69, 9.17) is 9.47 Å². The number of ether oxygens (including phenoxy) is 2. The Morgan fingerprint density at radius 3 is 2.77 bits per heavy atom. The average molecular weight is 317 g/mol. The summed E-state index contributed by atoms with van der Waals surface area (Å²) in [5, 5.41) is 3.17. The molecule has 1 aliphatic heterocycles. The summed E-state index contributed by atoms with van der Waals surface area (Å²) < 4.78 is 49.9. The molecule has 3 nitrogen and oxygen atoms in total. The van der Waals surface area contributed by atoms with Crippen molar-refractivity contribution in [1.29, 1.82) is 0 Å². The predicted molar refractivity (Wildman–Crippen MR) is 77.9 cm³/mol. The molecule has 22 heavy (non-hydrogen) atoms. The Kier molecular flexibility index (Phi) is 6.08. The van der Waals surface area contributed by atoms with Gasteiger partial charge in [0.1, 0.15) is 11.9 Å². The summed E-state index contributed by atoms with van der Waals surface area (Å²) in [6.45, 7) is 4.30. The summed E-state index contributed by atoms with van der Waals surface area (Å²) in [6.07, 6.45) is -1.62. The Labute approximate surface area is 128 Å². The minimum atomic E-state index is -4.36. The molecule has 0 amide bonds. The number of halogens is 3. The lowest BCUT2D eigenvalue weighted by molar-refractivity contribution is -0.137. The molecule has 1 fully saturated rings. The fraction of sp³-hybridized carbons (Fsp3) is 0.625. The third kappa shape index (κ3) is 4.88. The third-order valence-electron chi connectivity index (χ3n) is 3.60. The Hall–Kier alpha value is -1.27. The first-order chi connectivity index (χ1) is 10.5. The summed E-state index contributed by atoms with van der Waals surface area (Å²) in [4.78, 5) is 0. The first-order valence-electron chi connectivity index (χ1n) is 7.66. The number of nitrogens with one attached hydrogen (secondary N) is 1. The van der Waals surface area contributed by atoms with Crippen LogP contribution in [0.3, 0.4) is 0 Å². The predicted octanol–water partition coefficient (Wildman–Crippen LogP) is 3.76. The lowest BCUT2D eigenvalue weighted by Gasteiger charge is -2.18. The maximum Gasteiger partial charge on any atom is 0.416 e. The van der Waals surface area contributed by atoms with Gasteiger partial charge in [0.15, 0.2) is 0 Å². The Morgan fingerprint density at radius 1 is 1.32 bits per heavy atom. The van der Waals surface area contributed by atoms with E-state index < -0.39 is 11.7 Å². The standard InChI is InChI=1S/C16H22F3NO2/c1-2-3-8-21-11-12-9-13(16(17,18)19)4-5-15(12)22-14-6-7-20-10-14/h4-5,9,14,20H,2-3,6-8,10-11H2,1H3. The molecular formula is C16H22F3NO2. The van der Waals surface area contributed by atoms with E-state index in [0.29, 0.717) is 17.9 Å². The minimum Gasteiger partial charge on any atom is -0.489 e. The van der Waals surface area contributed by atoms with Gasteiger partial charge in [0.05, 0.1) is 12.2 Å². The van der Waals surface area contributed by atoms with E-state index >= 15 is 0 Å². The van der Waals surface area contributed by atoms with E-state index in [-0.39, 0.29) is 12.7 Å². The maximum absolute atomic E-state index is 12.9. The van der Waals surface area contributed by atoms with Crippen LogP contribution in [0.4, 0.5) is 13.2 Å². The molecule has 0 aliphatic carbocycles. The molecule has 1 heterocycles. The van der Waals surface area contributed by atoms with Crippen LogP contribution in [0, 0.1) is 0 Å². The molecule has 6 heteroatoms. The van der Waals surface area contributed by atoms with Crippen LogP contribution in [0.25, 0.3) is 0 Å². The molecule has 124 valence electrons. The molecule has 0 aromatic heterocycles. The van der Waals surface area contributed by atoms with Crippen molar-refractivity contribution in [3.05, 3.63) is 29.3 Å². The maximum atomic E-state index is 12.9. The third-order valence-corrected chi connectivity index (χ3v) is 3.60. The van der Waals surface area contributed by atoms with Gasteiger partial charge < -0.3 is 14.8 Å². The van der Waals surface area contributed by atoms with Crippen molar-refractivity contribution < 1.29 is 22.6 Å². The number of rotatable bonds is 7. The molecular weight excluding hydrogens is 295 g/mol. The monoisotopic (exact) mass is 317 g/mol. The second-order valence-electron chi connectivity index (χ2n) is 5.46. The second kappa shape index (κ2) is 7.83. The molecule has 0 spiro atoms. The highest BCUT2D eigenvalue weighted by atomic mass is 19.4. The molecule has 0 saturated carbocycles. The number of hydrogen-bond acceptors (Lipinski definition) is 3. The fourth-order valence-corrected chi connectivity index (χ4v) is 2.32. The lowest BCUT2D eigenvalue weighted by Crippen LogP contribution is -2.20. The highest BCUT2D eigenvalue weighted by molar-refractivity contribution is 5.38. The molecule has 1 aliphatic rings. The molecule has 1 saturated heterocycles. The molecule has 1 unspecified atom stereocenters. The van der Waals surface area contributed by atoms with Gasteiger partial charge in [-0.1, -0.05) is 13.3 Å². The highest BCUT2D eigenvalue weighted by Gasteiger charge is 2.31. The quantitative estimate of drug-likeness (QED) is 0.777. The number of benzene rings is 1.